The highest BCUT2D eigenvalue weighted by molar-refractivity contribution is 6.29. The standard InChI is InChI=1S/C15H20ClN5O3/c1-10(16)4-5-21-11-12(18(2)15(23)19(3)13(11)22)17-14(21)20-6-8-24-9-7-20/h4H,5-9H2,1-3H3. The Morgan fingerprint density at radius 3 is 2.54 bits per heavy atom. The third kappa shape index (κ3) is 2.76. The summed E-state index contributed by atoms with van der Waals surface area (Å²) in [6.07, 6.45) is 1.82. The van der Waals surface area contributed by atoms with Crippen molar-refractivity contribution in [3.63, 3.8) is 0 Å². The number of imidazole rings is 1. The second-order valence-corrected chi connectivity index (χ2v) is 6.39. The second-order valence-electron chi connectivity index (χ2n) is 5.79. The van der Waals surface area contributed by atoms with Crippen LogP contribution in [0.4, 0.5) is 5.95 Å². The molecule has 0 N–H and O–H groups in total. The number of aromatic nitrogens is 4. The molecule has 0 atom stereocenters. The molecule has 2 aromatic rings. The zero-order chi connectivity index (χ0) is 17.4. The fourth-order valence-electron chi connectivity index (χ4n) is 2.83. The van der Waals surface area contributed by atoms with Crippen molar-refractivity contribution in [1.82, 2.24) is 18.7 Å². The first kappa shape index (κ1) is 16.8. The van der Waals surface area contributed by atoms with E-state index in [1.54, 1.807) is 14.0 Å². The van der Waals surface area contributed by atoms with Gasteiger partial charge in [0.2, 0.25) is 5.95 Å². The van der Waals surface area contributed by atoms with E-state index >= 15 is 0 Å². The molecule has 0 amide bonds. The fourth-order valence-corrected chi connectivity index (χ4v) is 2.90. The van der Waals surface area contributed by atoms with E-state index in [1.807, 2.05) is 10.6 Å². The van der Waals surface area contributed by atoms with Crippen LogP contribution in [0.3, 0.4) is 0 Å². The lowest BCUT2D eigenvalue weighted by molar-refractivity contribution is 0.121. The van der Waals surface area contributed by atoms with Gasteiger partial charge < -0.3 is 14.2 Å². The zero-order valence-electron chi connectivity index (χ0n) is 14.0. The van der Waals surface area contributed by atoms with Gasteiger partial charge in [0, 0.05) is 38.8 Å². The summed E-state index contributed by atoms with van der Waals surface area (Å²) >= 11 is 5.97. The van der Waals surface area contributed by atoms with Crippen LogP contribution in [0.25, 0.3) is 11.2 Å². The highest BCUT2D eigenvalue weighted by Gasteiger charge is 2.23. The van der Waals surface area contributed by atoms with Crippen LogP contribution < -0.4 is 16.1 Å². The first-order valence-corrected chi connectivity index (χ1v) is 8.11. The number of morpholine rings is 1. The van der Waals surface area contributed by atoms with Gasteiger partial charge in [0.25, 0.3) is 5.56 Å². The highest BCUT2D eigenvalue weighted by Crippen LogP contribution is 2.21. The van der Waals surface area contributed by atoms with Crippen LogP contribution >= 0.6 is 11.6 Å². The second kappa shape index (κ2) is 6.45. The Bertz CT molecular complexity index is 914. The molecule has 1 fully saturated rings. The first-order valence-electron chi connectivity index (χ1n) is 7.73. The molecular weight excluding hydrogens is 334 g/mol. The average molecular weight is 354 g/mol. The van der Waals surface area contributed by atoms with E-state index in [1.165, 1.54) is 11.6 Å². The molecule has 1 aliphatic heterocycles. The summed E-state index contributed by atoms with van der Waals surface area (Å²) in [7, 11) is 3.09. The minimum Gasteiger partial charge on any atom is -0.378 e. The molecule has 0 unspecified atom stereocenters. The fraction of sp³-hybridized carbons (Fsp3) is 0.533. The number of allylic oxidation sites excluding steroid dienone is 2. The number of fused-ring (bicyclic) bond motifs is 1. The molecule has 3 heterocycles. The van der Waals surface area contributed by atoms with Crippen molar-refractivity contribution in [2.45, 2.75) is 13.5 Å². The van der Waals surface area contributed by atoms with Gasteiger partial charge in [-0.05, 0) is 6.92 Å². The van der Waals surface area contributed by atoms with Crippen LogP contribution in [-0.4, -0.2) is 45.0 Å². The summed E-state index contributed by atoms with van der Waals surface area (Å²) in [6, 6.07) is 0. The van der Waals surface area contributed by atoms with E-state index in [2.05, 4.69) is 9.88 Å². The minimum atomic E-state index is -0.394. The molecule has 24 heavy (non-hydrogen) atoms. The summed E-state index contributed by atoms with van der Waals surface area (Å²) in [4.78, 5) is 31.5. The number of ether oxygens (including phenoxy) is 1. The first-order chi connectivity index (χ1) is 11.4. The SMILES string of the molecule is CC(Cl)=CCn1c(N2CCOCC2)nc2c1c(=O)n(C)c(=O)n2C. The quantitative estimate of drug-likeness (QED) is 0.799. The van der Waals surface area contributed by atoms with Crippen molar-refractivity contribution >= 4 is 28.7 Å². The van der Waals surface area contributed by atoms with Crippen LogP contribution in [-0.2, 0) is 25.4 Å². The Kier molecular flexibility index (Phi) is 4.51. The molecule has 0 radical (unpaired) electrons. The van der Waals surface area contributed by atoms with Crippen molar-refractivity contribution in [2.24, 2.45) is 14.1 Å². The Morgan fingerprint density at radius 2 is 1.92 bits per heavy atom. The normalized spacial score (nSPS) is 16.2. The van der Waals surface area contributed by atoms with Crippen LogP contribution in [0, 0.1) is 0 Å². The molecule has 0 spiro atoms. The molecule has 0 bridgehead atoms. The van der Waals surface area contributed by atoms with Gasteiger partial charge >= 0.3 is 5.69 Å². The molecule has 0 aliphatic carbocycles. The summed E-state index contributed by atoms with van der Waals surface area (Å²) in [5.74, 6) is 0.653. The number of aryl methyl sites for hydroxylation is 1. The predicted octanol–water partition coefficient (Wildman–Crippen LogP) is 0.413. The Labute approximate surface area is 143 Å². The molecule has 2 aromatic heterocycles. The van der Waals surface area contributed by atoms with Crippen molar-refractivity contribution in [3.05, 3.63) is 31.9 Å². The summed E-state index contributed by atoms with van der Waals surface area (Å²) in [5.41, 5.74) is 0.0240. The van der Waals surface area contributed by atoms with Gasteiger partial charge in [-0.25, -0.2) is 4.79 Å². The minimum absolute atomic E-state index is 0.360. The van der Waals surface area contributed by atoms with Gasteiger partial charge in [0.05, 0.1) is 13.2 Å². The number of nitrogens with zero attached hydrogens (tertiary/aromatic N) is 5. The number of hydrogen-bond acceptors (Lipinski definition) is 5. The molecule has 8 nitrogen and oxygen atoms in total. The molecule has 1 aliphatic rings. The third-order valence-corrected chi connectivity index (χ3v) is 4.33. The Morgan fingerprint density at radius 1 is 1.25 bits per heavy atom. The number of halogens is 1. The molecule has 0 aromatic carbocycles. The van der Waals surface area contributed by atoms with E-state index in [-0.39, 0.29) is 5.56 Å². The van der Waals surface area contributed by atoms with Gasteiger partial charge in [0.15, 0.2) is 11.2 Å². The zero-order valence-corrected chi connectivity index (χ0v) is 14.7. The van der Waals surface area contributed by atoms with Crippen molar-refractivity contribution in [3.8, 4) is 0 Å². The van der Waals surface area contributed by atoms with Gasteiger partial charge in [0.1, 0.15) is 0 Å². The van der Waals surface area contributed by atoms with E-state index in [0.717, 1.165) is 4.57 Å². The molecule has 130 valence electrons. The smallest absolute Gasteiger partial charge is 0.332 e. The van der Waals surface area contributed by atoms with E-state index in [0.29, 0.717) is 55.0 Å². The molecule has 9 heteroatoms. The lowest BCUT2D eigenvalue weighted by atomic mass is 10.4. The maximum Gasteiger partial charge on any atom is 0.332 e. The molecular formula is C15H20ClN5O3. The largest absolute Gasteiger partial charge is 0.378 e. The Hall–Kier alpha value is -2.06. The topological polar surface area (TPSA) is 74.3 Å². The van der Waals surface area contributed by atoms with E-state index in [4.69, 9.17) is 16.3 Å². The van der Waals surface area contributed by atoms with Crippen LogP contribution in [0.1, 0.15) is 6.92 Å². The van der Waals surface area contributed by atoms with Crippen molar-refractivity contribution in [2.75, 3.05) is 31.2 Å². The van der Waals surface area contributed by atoms with Crippen molar-refractivity contribution < 1.29 is 4.74 Å². The van der Waals surface area contributed by atoms with Crippen molar-refractivity contribution in [1.29, 1.82) is 0 Å². The maximum atomic E-state index is 12.7. The highest BCUT2D eigenvalue weighted by atomic mass is 35.5. The molecule has 1 saturated heterocycles. The van der Waals surface area contributed by atoms with Crippen LogP contribution in [0.15, 0.2) is 20.7 Å². The number of anilines is 1. The summed E-state index contributed by atoms with van der Waals surface area (Å²) in [5, 5.41) is 0.631. The van der Waals surface area contributed by atoms with Gasteiger partial charge in [-0.2, -0.15) is 4.98 Å². The van der Waals surface area contributed by atoms with Crippen LogP contribution in [0.5, 0.6) is 0 Å². The molecule has 3 rings (SSSR count). The summed E-state index contributed by atoms with van der Waals surface area (Å²) in [6.45, 7) is 4.76. The van der Waals surface area contributed by atoms with Gasteiger partial charge in [-0.3, -0.25) is 13.9 Å². The van der Waals surface area contributed by atoms with E-state index < -0.39 is 5.69 Å². The number of rotatable bonds is 3. The molecule has 0 saturated carbocycles. The number of hydrogen-bond donors (Lipinski definition) is 0. The van der Waals surface area contributed by atoms with Gasteiger partial charge in [-0.15, -0.1) is 0 Å². The summed E-state index contributed by atoms with van der Waals surface area (Å²) < 4.78 is 9.70. The predicted molar refractivity (Wildman–Crippen MR) is 92.9 cm³/mol. The lowest BCUT2D eigenvalue weighted by Gasteiger charge is -2.28. The monoisotopic (exact) mass is 353 g/mol. The third-order valence-electron chi connectivity index (χ3n) is 4.18. The van der Waals surface area contributed by atoms with E-state index in [9.17, 15) is 9.59 Å². The average Bonchev–Trinajstić information content (AvgIpc) is 2.96. The van der Waals surface area contributed by atoms with Gasteiger partial charge in [-0.1, -0.05) is 17.7 Å². The maximum absolute atomic E-state index is 12.7. The lowest BCUT2D eigenvalue weighted by Crippen LogP contribution is -2.38. The van der Waals surface area contributed by atoms with Crippen LogP contribution in [0.2, 0.25) is 0 Å². The Balaban J connectivity index is 2.30.